The average molecular weight is 410 g/mol. The van der Waals surface area contributed by atoms with Crippen molar-refractivity contribution in [1.82, 2.24) is 0 Å². The number of carbonyl (C=O) groups is 3. The lowest BCUT2D eigenvalue weighted by molar-refractivity contribution is -0.113. The lowest BCUT2D eigenvalue weighted by atomic mass is 10.1. The van der Waals surface area contributed by atoms with E-state index in [1.165, 1.54) is 30.2 Å². The first-order chi connectivity index (χ1) is 13.9. The fraction of sp³-hybridized carbons (Fsp3) is 0.0952. The number of nitrogens with one attached hydrogen (secondary N) is 2. The second-order valence-electron chi connectivity index (χ2n) is 6.13. The molecule has 3 aromatic rings. The fourth-order valence-corrected chi connectivity index (χ4v) is 3.16. The molecule has 0 saturated carbocycles. The van der Waals surface area contributed by atoms with Gasteiger partial charge >= 0.3 is 5.97 Å². The number of carboxylic acid groups (broad SMARTS) is 1. The summed E-state index contributed by atoms with van der Waals surface area (Å²) in [7, 11) is 0. The van der Waals surface area contributed by atoms with Gasteiger partial charge in [0.25, 0.3) is 5.91 Å². The van der Waals surface area contributed by atoms with Gasteiger partial charge in [0.1, 0.15) is 0 Å². The van der Waals surface area contributed by atoms with E-state index in [1.807, 2.05) is 0 Å². The molecule has 3 N–H and O–H groups in total. The highest BCUT2D eigenvalue weighted by molar-refractivity contribution is 8.00. The number of carboxylic acids is 1. The summed E-state index contributed by atoms with van der Waals surface area (Å²) in [4.78, 5) is 36.1. The van der Waals surface area contributed by atoms with Gasteiger partial charge in [-0.05, 0) is 61.0 Å². The highest BCUT2D eigenvalue weighted by atomic mass is 32.2. The minimum Gasteiger partial charge on any atom is -0.478 e. The lowest BCUT2D eigenvalue weighted by Gasteiger charge is -2.09. The van der Waals surface area contributed by atoms with Crippen LogP contribution in [0.3, 0.4) is 0 Å². The Kier molecular flexibility index (Phi) is 6.36. The van der Waals surface area contributed by atoms with E-state index in [4.69, 9.17) is 9.52 Å². The Labute approximate surface area is 171 Å². The zero-order valence-electron chi connectivity index (χ0n) is 15.5. The summed E-state index contributed by atoms with van der Waals surface area (Å²) < 4.78 is 5.04. The Bertz CT molecular complexity index is 1030. The van der Waals surface area contributed by atoms with Crippen molar-refractivity contribution in [3.8, 4) is 0 Å². The van der Waals surface area contributed by atoms with Crippen LogP contribution in [0.25, 0.3) is 0 Å². The third kappa shape index (κ3) is 5.49. The first-order valence-electron chi connectivity index (χ1n) is 8.64. The van der Waals surface area contributed by atoms with Crippen LogP contribution in [0, 0.1) is 6.92 Å². The Morgan fingerprint density at radius 2 is 1.79 bits per heavy atom. The van der Waals surface area contributed by atoms with E-state index in [-0.39, 0.29) is 28.9 Å². The number of hydrogen-bond acceptors (Lipinski definition) is 5. The minimum absolute atomic E-state index is 0.116. The maximum atomic E-state index is 12.2. The number of furan rings is 1. The molecule has 0 atom stereocenters. The van der Waals surface area contributed by atoms with Crippen LogP contribution in [0.1, 0.15) is 26.5 Å². The van der Waals surface area contributed by atoms with Crippen LogP contribution in [0.4, 0.5) is 11.4 Å². The van der Waals surface area contributed by atoms with E-state index in [9.17, 15) is 14.4 Å². The van der Waals surface area contributed by atoms with Crippen LogP contribution in [-0.2, 0) is 4.79 Å². The third-order valence-electron chi connectivity index (χ3n) is 3.99. The van der Waals surface area contributed by atoms with Crippen LogP contribution < -0.4 is 10.6 Å². The molecule has 0 fully saturated rings. The van der Waals surface area contributed by atoms with Crippen molar-refractivity contribution >= 4 is 40.9 Å². The molecule has 0 radical (unpaired) electrons. The maximum absolute atomic E-state index is 12.2. The summed E-state index contributed by atoms with van der Waals surface area (Å²) in [5, 5.41) is 14.5. The monoisotopic (exact) mass is 410 g/mol. The van der Waals surface area contributed by atoms with Crippen LogP contribution in [0.2, 0.25) is 0 Å². The van der Waals surface area contributed by atoms with Gasteiger partial charge < -0.3 is 20.2 Å². The Balaban J connectivity index is 1.53. The molecule has 0 unspecified atom stereocenters. The molecule has 8 heteroatoms. The quantitative estimate of drug-likeness (QED) is 0.502. The van der Waals surface area contributed by atoms with Crippen molar-refractivity contribution in [3.63, 3.8) is 0 Å². The van der Waals surface area contributed by atoms with E-state index in [1.54, 1.807) is 49.4 Å². The molecule has 0 spiro atoms. The molecular weight excluding hydrogens is 392 g/mol. The van der Waals surface area contributed by atoms with Gasteiger partial charge in [0, 0.05) is 16.3 Å². The van der Waals surface area contributed by atoms with Gasteiger partial charge in [0.05, 0.1) is 17.6 Å². The van der Waals surface area contributed by atoms with Gasteiger partial charge in [-0.3, -0.25) is 9.59 Å². The van der Waals surface area contributed by atoms with E-state index in [2.05, 4.69) is 10.6 Å². The molecule has 148 valence electrons. The molecule has 0 bridgehead atoms. The molecule has 2 aromatic carbocycles. The molecule has 1 aromatic heterocycles. The van der Waals surface area contributed by atoms with Crippen molar-refractivity contribution in [2.45, 2.75) is 11.8 Å². The molecule has 29 heavy (non-hydrogen) atoms. The normalized spacial score (nSPS) is 10.4. The summed E-state index contributed by atoms with van der Waals surface area (Å²) in [6.45, 7) is 1.80. The topological polar surface area (TPSA) is 109 Å². The number of rotatable bonds is 7. The predicted octanol–water partition coefficient (Wildman–Crippen LogP) is 4.27. The standard InChI is InChI=1S/C21H18N2O5S/c1-13-4-5-14(21(26)27)11-17(13)23-19(24)12-29-16-8-6-15(7-9-16)22-20(25)18-3-2-10-28-18/h2-11H,12H2,1H3,(H,22,25)(H,23,24)(H,26,27). The van der Waals surface area contributed by atoms with Gasteiger partial charge in [0.15, 0.2) is 5.76 Å². The first kappa shape index (κ1) is 20.2. The van der Waals surface area contributed by atoms with E-state index >= 15 is 0 Å². The fourth-order valence-electron chi connectivity index (χ4n) is 2.46. The lowest BCUT2D eigenvalue weighted by Crippen LogP contribution is -2.15. The highest BCUT2D eigenvalue weighted by Gasteiger charge is 2.11. The number of thioether (sulfide) groups is 1. The number of hydrogen-bond donors (Lipinski definition) is 3. The second kappa shape index (κ2) is 9.11. The van der Waals surface area contributed by atoms with Gasteiger partial charge in [-0.2, -0.15) is 0 Å². The number of aryl methyl sites for hydroxylation is 1. The highest BCUT2D eigenvalue weighted by Crippen LogP contribution is 2.22. The molecule has 0 aliphatic rings. The number of aromatic carboxylic acids is 1. The molecular formula is C21H18N2O5S. The predicted molar refractivity (Wildman–Crippen MR) is 111 cm³/mol. The summed E-state index contributed by atoms with van der Waals surface area (Å²) in [6, 6.07) is 14.9. The second-order valence-corrected chi connectivity index (χ2v) is 7.18. The van der Waals surface area contributed by atoms with Crippen molar-refractivity contribution in [1.29, 1.82) is 0 Å². The minimum atomic E-state index is -1.05. The van der Waals surface area contributed by atoms with Gasteiger partial charge in [-0.25, -0.2) is 4.79 Å². The molecule has 7 nitrogen and oxygen atoms in total. The van der Waals surface area contributed by atoms with Gasteiger partial charge in [-0.1, -0.05) is 6.07 Å². The summed E-state index contributed by atoms with van der Waals surface area (Å²) in [5.41, 5.74) is 1.99. The first-order valence-corrected chi connectivity index (χ1v) is 9.62. The molecule has 2 amide bonds. The van der Waals surface area contributed by atoms with Crippen LogP contribution in [0.5, 0.6) is 0 Å². The van der Waals surface area contributed by atoms with Crippen molar-refractivity contribution in [2.75, 3.05) is 16.4 Å². The van der Waals surface area contributed by atoms with Crippen molar-refractivity contribution < 1.29 is 23.9 Å². The SMILES string of the molecule is Cc1ccc(C(=O)O)cc1NC(=O)CSc1ccc(NC(=O)c2ccco2)cc1. The van der Waals surface area contributed by atoms with Crippen molar-refractivity contribution in [3.05, 3.63) is 77.7 Å². The molecule has 3 rings (SSSR count). The zero-order valence-corrected chi connectivity index (χ0v) is 16.3. The zero-order chi connectivity index (χ0) is 20.8. The summed E-state index contributed by atoms with van der Waals surface area (Å²) >= 11 is 1.33. The molecule has 1 heterocycles. The smallest absolute Gasteiger partial charge is 0.335 e. The van der Waals surface area contributed by atoms with Crippen LogP contribution in [0.15, 0.2) is 70.2 Å². The average Bonchev–Trinajstić information content (AvgIpc) is 3.24. The number of benzene rings is 2. The molecule has 0 saturated heterocycles. The Hall–Kier alpha value is -3.52. The molecule has 0 aliphatic carbocycles. The largest absolute Gasteiger partial charge is 0.478 e. The summed E-state index contributed by atoms with van der Waals surface area (Å²) in [5.74, 6) is -1.24. The van der Waals surface area contributed by atoms with Gasteiger partial charge in [0.2, 0.25) is 5.91 Å². The molecule has 0 aliphatic heterocycles. The number of anilines is 2. The number of amides is 2. The van der Waals surface area contributed by atoms with E-state index in [0.29, 0.717) is 11.4 Å². The van der Waals surface area contributed by atoms with Crippen LogP contribution >= 0.6 is 11.8 Å². The van der Waals surface area contributed by atoms with Crippen LogP contribution in [-0.4, -0.2) is 28.6 Å². The van der Waals surface area contributed by atoms with E-state index < -0.39 is 5.97 Å². The van der Waals surface area contributed by atoms with Crippen molar-refractivity contribution in [2.24, 2.45) is 0 Å². The van der Waals surface area contributed by atoms with Gasteiger partial charge in [-0.15, -0.1) is 11.8 Å². The third-order valence-corrected chi connectivity index (χ3v) is 5.00. The van der Waals surface area contributed by atoms with E-state index in [0.717, 1.165) is 10.5 Å². The Morgan fingerprint density at radius 3 is 2.45 bits per heavy atom. The Morgan fingerprint density at radius 1 is 1.03 bits per heavy atom. The number of carbonyl (C=O) groups excluding carboxylic acids is 2. The summed E-state index contributed by atoms with van der Waals surface area (Å²) in [6.07, 6.45) is 1.43. The maximum Gasteiger partial charge on any atom is 0.335 e.